The molecule has 9 heteroatoms. The summed E-state index contributed by atoms with van der Waals surface area (Å²) in [5, 5.41) is 11.6. The van der Waals surface area contributed by atoms with Crippen molar-refractivity contribution in [2.75, 3.05) is 19.5 Å². The fourth-order valence-electron chi connectivity index (χ4n) is 3.15. The molecule has 1 N–H and O–H groups in total. The van der Waals surface area contributed by atoms with E-state index in [9.17, 15) is 8.78 Å². The summed E-state index contributed by atoms with van der Waals surface area (Å²) in [4.78, 5) is 0. The molecule has 0 amide bonds. The fourth-order valence-corrected chi connectivity index (χ4v) is 3.43. The second kappa shape index (κ2) is 9.23. The number of hydrogen-bond acceptors (Lipinski definition) is 6. The standard InChI is InChI=1S/C23H18ClF2N3O3/c1-30-17-10-16(11-18(12-17)31-2)27-21(19-7-6-15(26)9-20(19)24)23-29-28-22(32-23)13-4-3-5-14(25)8-13/h3-12,21,27H,1-2H3/t21-/m1/s1. The van der Waals surface area contributed by atoms with E-state index >= 15 is 0 Å². The molecule has 0 saturated heterocycles. The van der Waals surface area contributed by atoms with Gasteiger partial charge in [-0.25, -0.2) is 8.78 Å². The van der Waals surface area contributed by atoms with E-state index in [4.69, 9.17) is 25.5 Å². The van der Waals surface area contributed by atoms with Crippen LogP contribution >= 0.6 is 11.6 Å². The van der Waals surface area contributed by atoms with Crippen LogP contribution in [0.3, 0.4) is 0 Å². The van der Waals surface area contributed by atoms with E-state index in [1.807, 2.05) is 0 Å². The van der Waals surface area contributed by atoms with Crippen molar-refractivity contribution in [3.05, 3.63) is 88.8 Å². The van der Waals surface area contributed by atoms with Crippen LogP contribution in [0.25, 0.3) is 11.5 Å². The van der Waals surface area contributed by atoms with Crippen LogP contribution < -0.4 is 14.8 Å². The van der Waals surface area contributed by atoms with Crippen molar-refractivity contribution < 1.29 is 22.7 Å². The number of methoxy groups -OCH3 is 2. The van der Waals surface area contributed by atoms with E-state index in [-0.39, 0.29) is 16.8 Å². The molecule has 0 aliphatic carbocycles. The Morgan fingerprint density at radius 3 is 2.28 bits per heavy atom. The van der Waals surface area contributed by atoms with Crippen molar-refractivity contribution in [1.82, 2.24) is 10.2 Å². The van der Waals surface area contributed by atoms with E-state index in [0.29, 0.717) is 28.3 Å². The first-order valence-corrected chi connectivity index (χ1v) is 9.88. The first-order valence-electron chi connectivity index (χ1n) is 9.50. The fraction of sp³-hybridized carbons (Fsp3) is 0.130. The minimum atomic E-state index is -0.741. The maximum atomic E-state index is 13.7. The Hall–Kier alpha value is -3.65. The summed E-state index contributed by atoms with van der Waals surface area (Å²) in [6, 6.07) is 14.3. The molecule has 32 heavy (non-hydrogen) atoms. The third-order valence-corrected chi connectivity index (χ3v) is 5.02. The SMILES string of the molecule is COc1cc(N[C@@H](c2nnc(-c3cccc(F)c3)o2)c2ccc(F)cc2Cl)cc(OC)c1. The quantitative estimate of drug-likeness (QED) is 0.373. The first kappa shape index (κ1) is 21.6. The molecular weight excluding hydrogens is 440 g/mol. The Balaban J connectivity index is 1.77. The third kappa shape index (κ3) is 4.65. The van der Waals surface area contributed by atoms with Gasteiger partial charge in [0.15, 0.2) is 0 Å². The molecule has 0 unspecified atom stereocenters. The molecule has 0 fully saturated rings. The normalized spacial score (nSPS) is 11.8. The maximum Gasteiger partial charge on any atom is 0.247 e. The van der Waals surface area contributed by atoms with Gasteiger partial charge in [-0.05, 0) is 30.3 Å². The molecule has 0 saturated carbocycles. The minimum absolute atomic E-state index is 0.132. The summed E-state index contributed by atoms with van der Waals surface area (Å²) in [5.74, 6) is 0.490. The minimum Gasteiger partial charge on any atom is -0.497 e. The lowest BCUT2D eigenvalue weighted by molar-refractivity contribution is 0.394. The highest BCUT2D eigenvalue weighted by molar-refractivity contribution is 6.31. The Labute approximate surface area is 187 Å². The predicted molar refractivity (Wildman–Crippen MR) is 116 cm³/mol. The number of ether oxygens (including phenoxy) is 2. The Morgan fingerprint density at radius 1 is 0.906 bits per heavy atom. The highest BCUT2D eigenvalue weighted by Crippen LogP contribution is 2.35. The molecule has 1 atom stereocenters. The lowest BCUT2D eigenvalue weighted by Crippen LogP contribution is -2.14. The first-order chi connectivity index (χ1) is 15.5. The molecule has 0 aliphatic rings. The van der Waals surface area contributed by atoms with Crippen molar-refractivity contribution in [2.24, 2.45) is 0 Å². The average molecular weight is 458 g/mol. The smallest absolute Gasteiger partial charge is 0.247 e. The summed E-state index contributed by atoms with van der Waals surface area (Å²) in [6.07, 6.45) is 0. The molecule has 0 radical (unpaired) electrons. The average Bonchev–Trinajstić information content (AvgIpc) is 3.28. The van der Waals surface area contributed by atoms with E-state index in [2.05, 4.69) is 15.5 Å². The van der Waals surface area contributed by atoms with Gasteiger partial charge in [0.2, 0.25) is 11.8 Å². The number of aromatic nitrogens is 2. The van der Waals surface area contributed by atoms with E-state index in [1.165, 1.54) is 44.6 Å². The third-order valence-electron chi connectivity index (χ3n) is 4.70. The Morgan fingerprint density at radius 2 is 1.62 bits per heavy atom. The van der Waals surface area contributed by atoms with Crippen molar-refractivity contribution >= 4 is 17.3 Å². The van der Waals surface area contributed by atoms with E-state index in [0.717, 1.165) is 0 Å². The van der Waals surface area contributed by atoms with Crippen molar-refractivity contribution in [2.45, 2.75) is 6.04 Å². The van der Waals surface area contributed by atoms with Gasteiger partial charge in [-0.2, -0.15) is 0 Å². The number of rotatable bonds is 7. The van der Waals surface area contributed by atoms with Crippen LogP contribution in [-0.4, -0.2) is 24.4 Å². The Bertz CT molecular complexity index is 1230. The van der Waals surface area contributed by atoms with Gasteiger partial charge in [-0.3, -0.25) is 0 Å². The molecule has 0 aliphatic heterocycles. The highest BCUT2D eigenvalue weighted by atomic mass is 35.5. The van der Waals surface area contributed by atoms with Gasteiger partial charge in [0, 0.05) is 40.0 Å². The van der Waals surface area contributed by atoms with Crippen molar-refractivity contribution in [1.29, 1.82) is 0 Å². The second-order valence-electron chi connectivity index (χ2n) is 6.80. The van der Waals surface area contributed by atoms with Crippen molar-refractivity contribution in [3.8, 4) is 23.0 Å². The van der Waals surface area contributed by atoms with Crippen LogP contribution in [0.5, 0.6) is 11.5 Å². The van der Waals surface area contributed by atoms with Crippen LogP contribution in [0.15, 0.2) is 65.1 Å². The summed E-state index contributed by atoms with van der Waals surface area (Å²) >= 11 is 6.33. The van der Waals surface area contributed by atoms with Gasteiger partial charge < -0.3 is 19.2 Å². The number of nitrogens with one attached hydrogen (secondary N) is 1. The van der Waals surface area contributed by atoms with Gasteiger partial charge in [-0.15, -0.1) is 10.2 Å². The topological polar surface area (TPSA) is 69.4 Å². The largest absolute Gasteiger partial charge is 0.497 e. The molecule has 0 bridgehead atoms. The summed E-state index contributed by atoms with van der Waals surface area (Å²) in [5.41, 5.74) is 1.54. The summed E-state index contributed by atoms with van der Waals surface area (Å²) < 4.78 is 43.8. The molecule has 164 valence electrons. The lowest BCUT2D eigenvalue weighted by Gasteiger charge is -2.19. The van der Waals surface area contributed by atoms with Crippen LogP contribution in [0.2, 0.25) is 5.02 Å². The van der Waals surface area contributed by atoms with Gasteiger partial charge in [0.05, 0.1) is 14.2 Å². The number of nitrogens with zero attached hydrogens (tertiary/aromatic N) is 2. The van der Waals surface area contributed by atoms with Gasteiger partial charge in [0.25, 0.3) is 0 Å². The highest BCUT2D eigenvalue weighted by Gasteiger charge is 2.25. The maximum absolute atomic E-state index is 13.7. The second-order valence-corrected chi connectivity index (χ2v) is 7.21. The summed E-state index contributed by atoms with van der Waals surface area (Å²) in [6.45, 7) is 0. The monoisotopic (exact) mass is 457 g/mol. The number of anilines is 1. The number of halogens is 3. The molecule has 3 aromatic carbocycles. The van der Waals surface area contributed by atoms with Crippen LogP contribution in [0.4, 0.5) is 14.5 Å². The molecule has 1 aromatic heterocycles. The zero-order valence-corrected chi connectivity index (χ0v) is 17.9. The molecule has 4 rings (SSSR count). The molecule has 4 aromatic rings. The van der Waals surface area contributed by atoms with Gasteiger partial charge in [0.1, 0.15) is 29.2 Å². The molecule has 0 spiro atoms. The van der Waals surface area contributed by atoms with Gasteiger partial charge >= 0.3 is 0 Å². The van der Waals surface area contributed by atoms with Crippen LogP contribution in [0, 0.1) is 11.6 Å². The molecule has 6 nitrogen and oxygen atoms in total. The van der Waals surface area contributed by atoms with E-state index < -0.39 is 17.7 Å². The summed E-state index contributed by atoms with van der Waals surface area (Å²) in [7, 11) is 3.08. The van der Waals surface area contributed by atoms with Crippen LogP contribution in [-0.2, 0) is 0 Å². The van der Waals surface area contributed by atoms with Crippen LogP contribution in [0.1, 0.15) is 17.5 Å². The predicted octanol–water partition coefficient (Wildman–Crippen LogP) is 5.89. The molecule has 1 heterocycles. The number of hydrogen-bond donors (Lipinski definition) is 1. The lowest BCUT2D eigenvalue weighted by atomic mass is 10.1. The number of benzene rings is 3. The van der Waals surface area contributed by atoms with E-state index in [1.54, 1.807) is 30.3 Å². The zero-order valence-electron chi connectivity index (χ0n) is 17.1. The van der Waals surface area contributed by atoms with Gasteiger partial charge in [-0.1, -0.05) is 23.7 Å². The zero-order chi connectivity index (χ0) is 22.7. The van der Waals surface area contributed by atoms with Crippen molar-refractivity contribution in [3.63, 3.8) is 0 Å². The molecular formula is C23H18ClF2N3O3. The Kier molecular flexibility index (Phi) is 6.23.